The zero-order valence-corrected chi connectivity index (χ0v) is 11.1. The second-order valence-corrected chi connectivity index (χ2v) is 4.77. The van der Waals surface area contributed by atoms with E-state index in [2.05, 4.69) is 21.2 Å². The van der Waals surface area contributed by atoms with Gasteiger partial charge in [-0.25, -0.2) is 17.6 Å². The second kappa shape index (κ2) is 5.61. The number of halogens is 5. The molecule has 0 spiro atoms. The average Bonchev–Trinajstić information content (AvgIpc) is 2.37. The first-order chi connectivity index (χ1) is 8.97. The van der Waals surface area contributed by atoms with Gasteiger partial charge < -0.3 is 5.32 Å². The predicted octanol–water partition coefficient (Wildman–Crippen LogP) is 4.62. The molecule has 0 bridgehead atoms. The Hall–Kier alpha value is -1.56. The average molecular weight is 334 g/mol. The van der Waals surface area contributed by atoms with Crippen LogP contribution in [0.1, 0.15) is 5.56 Å². The maximum absolute atomic E-state index is 13.4. The van der Waals surface area contributed by atoms with Crippen LogP contribution in [0.2, 0.25) is 0 Å². The summed E-state index contributed by atoms with van der Waals surface area (Å²) in [5, 5.41) is 2.68. The zero-order chi connectivity index (χ0) is 14.0. The van der Waals surface area contributed by atoms with Gasteiger partial charge in [-0.2, -0.15) is 0 Å². The van der Waals surface area contributed by atoms with Crippen LogP contribution in [-0.2, 0) is 6.54 Å². The lowest BCUT2D eigenvalue weighted by molar-refractivity contribution is 0.445. The van der Waals surface area contributed by atoms with Crippen LogP contribution < -0.4 is 5.32 Å². The Kier molecular flexibility index (Phi) is 4.09. The summed E-state index contributed by atoms with van der Waals surface area (Å²) in [5.74, 6) is -4.55. The van der Waals surface area contributed by atoms with Crippen molar-refractivity contribution in [2.45, 2.75) is 6.54 Å². The van der Waals surface area contributed by atoms with Crippen molar-refractivity contribution in [3.63, 3.8) is 0 Å². The van der Waals surface area contributed by atoms with Crippen molar-refractivity contribution in [1.82, 2.24) is 0 Å². The topological polar surface area (TPSA) is 12.0 Å². The molecule has 0 aliphatic heterocycles. The number of hydrogen-bond donors (Lipinski definition) is 1. The highest BCUT2D eigenvalue weighted by molar-refractivity contribution is 9.10. The minimum atomic E-state index is -1.52. The molecule has 0 heterocycles. The molecule has 2 aromatic carbocycles. The maximum atomic E-state index is 13.4. The quantitative estimate of drug-likeness (QED) is 0.638. The molecule has 19 heavy (non-hydrogen) atoms. The highest BCUT2D eigenvalue weighted by Gasteiger charge is 2.10. The largest absolute Gasteiger partial charge is 0.379 e. The molecule has 0 fully saturated rings. The highest BCUT2D eigenvalue weighted by atomic mass is 79.9. The molecule has 0 aliphatic rings. The smallest absolute Gasteiger partial charge is 0.194 e. The molecule has 2 rings (SSSR count). The molecule has 0 atom stereocenters. The second-order valence-electron chi connectivity index (χ2n) is 3.85. The van der Waals surface area contributed by atoms with Gasteiger partial charge in [0.25, 0.3) is 0 Å². The summed E-state index contributed by atoms with van der Waals surface area (Å²) in [6.45, 7) is -0.0263. The Morgan fingerprint density at radius 1 is 0.895 bits per heavy atom. The van der Waals surface area contributed by atoms with Crippen molar-refractivity contribution in [2.75, 3.05) is 5.32 Å². The van der Waals surface area contributed by atoms with Crippen molar-refractivity contribution in [3.8, 4) is 0 Å². The van der Waals surface area contributed by atoms with E-state index in [1.807, 2.05) is 0 Å². The molecule has 0 aliphatic carbocycles. The van der Waals surface area contributed by atoms with Gasteiger partial charge in [0.1, 0.15) is 5.82 Å². The molecule has 0 unspecified atom stereocenters. The Labute approximate surface area is 115 Å². The fourth-order valence-electron chi connectivity index (χ4n) is 1.54. The van der Waals surface area contributed by atoms with Gasteiger partial charge in [0.05, 0.1) is 5.69 Å². The van der Waals surface area contributed by atoms with Gasteiger partial charge in [-0.05, 0) is 35.9 Å². The summed E-state index contributed by atoms with van der Waals surface area (Å²) < 4.78 is 52.8. The van der Waals surface area contributed by atoms with Crippen molar-refractivity contribution in [3.05, 3.63) is 63.6 Å². The van der Waals surface area contributed by atoms with Gasteiger partial charge in [-0.15, -0.1) is 0 Å². The lowest BCUT2D eigenvalue weighted by Crippen LogP contribution is -2.03. The lowest BCUT2D eigenvalue weighted by atomic mass is 10.2. The molecule has 1 nitrogen and oxygen atoms in total. The molecule has 0 radical (unpaired) electrons. The highest BCUT2D eigenvalue weighted by Crippen LogP contribution is 2.21. The monoisotopic (exact) mass is 333 g/mol. The summed E-state index contributed by atoms with van der Waals surface area (Å²) in [5.41, 5.74) is 0.357. The number of benzene rings is 2. The van der Waals surface area contributed by atoms with Crippen LogP contribution in [-0.4, -0.2) is 0 Å². The number of rotatable bonds is 3. The third-order valence-electron chi connectivity index (χ3n) is 2.45. The van der Waals surface area contributed by atoms with Gasteiger partial charge in [0, 0.05) is 11.0 Å². The van der Waals surface area contributed by atoms with Crippen molar-refractivity contribution in [2.24, 2.45) is 0 Å². The lowest BCUT2D eigenvalue weighted by Gasteiger charge is -2.09. The first-order valence-corrected chi connectivity index (χ1v) is 6.09. The molecule has 100 valence electrons. The van der Waals surface area contributed by atoms with Crippen LogP contribution in [0.3, 0.4) is 0 Å². The Bertz CT molecular complexity index is 593. The molecular weight excluding hydrogens is 326 g/mol. The maximum Gasteiger partial charge on any atom is 0.194 e. The summed E-state index contributed by atoms with van der Waals surface area (Å²) in [6.07, 6.45) is 0. The minimum absolute atomic E-state index is 0.0263. The Morgan fingerprint density at radius 2 is 1.53 bits per heavy atom. The molecule has 6 heteroatoms. The van der Waals surface area contributed by atoms with E-state index < -0.39 is 23.3 Å². The van der Waals surface area contributed by atoms with E-state index in [9.17, 15) is 17.6 Å². The first kappa shape index (κ1) is 13.9. The van der Waals surface area contributed by atoms with Gasteiger partial charge >= 0.3 is 0 Å². The summed E-state index contributed by atoms with van der Waals surface area (Å²) in [4.78, 5) is 0. The van der Waals surface area contributed by atoms with Crippen LogP contribution >= 0.6 is 15.9 Å². The van der Waals surface area contributed by atoms with Crippen LogP contribution in [0, 0.1) is 23.3 Å². The fraction of sp³-hybridized carbons (Fsp3) is 0.0769. The standard InChI is InChI=1S/C13H8BrF4N/c14-8-1-2-9(15)12(5-8)19-6-7-3-10(16)13(18)11(17)4-7/h1-5,19H,6H2. The van der Waals surface area contributed by atoms with E-state index in [4.69, 9.17) is 0 Å². The van der Waals surface area contributed by atoms with E-state index in [1.165, 1.54) is 18.2 Å². The zero-order valence-electron chi connectivity index (χ0n) is 9.48. The first-order valence-electron chi connectivity index (χ1n) is 5.29. The molecule has 0 aromatic heterocycles. The Morgan fingerprint density at radius 3 is 2.16 bits per heavy atom. The van der Waals surface area contributed by atoms with E-state index in [0.29, 0.717) is 4.47 Å². The van der Waals surface area contributed by atoms with Gasteiger partial charge in [-0.1, -0.05) is 15.9 Å². The SMILES string of the molecule is Fc1ccc(Br)cc1NCc1cc(F)c(F)c(F)c1. The van der Waals surface area contributed by atoms with Crippen molar-refractivity contribution >= 4 is 21.6 Å². The molecule has 0 saturated heterocycles. The van der Waals surface area contributed by atoms with E-state index >= 15 is 0 Å². The number of hydrogen-bond acceptors (Lipinski definition) is 1. The normalized spacial score (nSPS) is 10.6. The molecule has 2 aromatic rings. The van der Waals surface area contributed by atoms with Crippen molar-refractivity contribution in [1.29, 1.82) is 0 Å². The summed E-state index contributed by atoms with van der Waals surface area (Å²) >= 11 is 3.18. The summed E-state index contributed by atoms with van der Waals surface area (Å²) in [7, 11) is 0. The van der Waals surface area contributed by atoms with Gasteiger partial charge in [0.2, 0.25) is 0 Å². The predicted molar refractivity (Wildman–Crippen MR) is 67.7 cm³/mol. The third kappa shape index (κ3) is 3.26. The number of anilines is 1. The number of nitrogens with one attached hydrogen (secondary N) is 1. The summed E-state index contributed by atoms with van der Waals surface area (Å²) in [6, 6.07) is 5.99. The van der Waals surface area contributed by atoms with Crippen LogP contribution in [0.5, 0.6) is 0 Å². The fourth-order valence-corrected chi connectivity index (χ4v) is 1.90. The molecule has 0 saturated carbocycles. The molecular formula is C13H8BrF4N. The minimum Gasteiger partial charge on any atom is -0.379 e. The molecule has 1 N–H and O–H groups in total. The van der Waals surface area contributed by atoms with E-state index in [1.54, 1.807) is 0 Å². The van der Waals surface area contributed by atoms with Crippen LogP contribution in [0.25, 0.3) is 0 Å². The van der Waals surface area contributed by atoms with Gasteiger partial charge in [0.15, 0.2) is 17.5 Å². The van der Waals surface area contributed by atoms with E-state index in [0.717, 1.165) is 12.1 Å². The molecule has 0 amide bonds. The van der Waals surface area contributed by atoms with Crippen molar-refractivity contribution < 1.29 is 17.6 Å². The van der Waals surface area contributed by atoms with E-state index in [-0.39, 0.29) is 17.8 Å². The Balaban J connectivity index is 2.17. The van der Waals surface area contributed by atoms with Crippen LogP contribution in [0.15, 0.2) is 34.8 Å². The van der Waals surface area contributed by atoms with Crippen LogP contribution in [0.4, 0.5) is 23.2 Å². The van der Waals surface area contributed by atoms with Gasteiger partial charge in [-0.3, -0.25) is 0 Å². The third-order valence-corrected chi connectivity index (χ3v) is 2.95.